The topological polar surface area (TPSA) is 47.6 Å². The molecule has 2 N–H and O–H groups in total. The summed E-state index contributed by atoms with van der Waals surface area (Å²) >= 11 is 0. The Hall–Kier alpha value is -1.80. The first kappa shape index (κ1) is 19.9. The number of anilines is 1. The number of unbranched alkanes of at least 4 members (excludes halogenated alkanes) is 1. The zero-order valence-corrected chi connectivity index (χ0v) is 15.4. The number of nitrogens with one attached hydrogen (secondary N) is 2. The van der Waals surface area contributed by atoms with Crippen LogP contribution in [0.5, 0.6) is 0 Å². The van der Waals surface area contributed by atoms with E-state index in [0.29, 0.717) is 12.2 Å². The summed E-state index contributed by atoms with van der Waals surface area (Å²) in [7, 11) is 0. The predicted octanol–water partition coefficient (Wildman–Crippen LogP) is 1.94. The normalized spacial score (nSPS) is 19.0. The molecular formula is C19H27F3N4O. The molecule has 1 aromatic rings. The van der Waals surface area contributed by atoms with Gasteiger partial charge in [-0.3, -0.25) is 9.69 Å². The number of piperazine rings is 1. The average molecular weight is 384 g/mol. The molecule has 0 saturated carbocycles. The van der Waals surface area contributed by atoms with Gasteiger partial charge in [0.15, 0.2) is 0 Å². The van der Waals surface area contributed by atoms with Crippen molar-refractivity contribution in [1.29, 1.82) is 0 Å². The number of nitrogens with zero attached hydrogens (tertiary/aromatic N) is 2. The average Bonchev–Trinajstić information content (AvgIpc) is 2.60. The van der Waals surface area contributed by atoms with Gasteiger partial charge in [-0.15, -0.1) is 0 Å². The van der Waals surface area contributed by atoms with E-state index in [9.17, 15) is 18.0 Å². The molecule has 8 heteroatoms. The van der Waals surface area contributed by atoms with Crippen LogP contribution < -0.4 is 15.5 Å². The first-order valence-corrected chi connectivity index (χ1v) is 9.56. The first-order valence-electron chi connectivity index (χ1n) is 9.56. The monoisotopic (exact) mass is 384 g/mol. The zero-order chi connectivity index (χ0) is 19.3. The Balaban J connectivity index is 1.34. The van der Waals surface area contributed by atoms with Crippen LogP contribution in [0.3, 0.4) is 0 Å². The van der Waals surface area contributed by atoms with Crippen molar-refractivity contribution < 1.29 is 18.0 Å². The molecule has 0 unspecified atom stereocenters. The van der Waals surface area contributed by atoms with Crippen LogP contribution in [0.15, 0.2) is 24.3 Å². The lowest BCUT2D eigenvalue weighted by molar-refractivity contribution is -0.137. The van der Waals surface area contributed by atoms with E-state index in [2.05, 4.69) is 15.5 Å². The molecule has 2 aliphatic rings. The number of carbonyl (C=O) groups is 1. The highest BCUT2D eigenvalue weighted by Gasteiger charge is 2.31. The molecule has 1 amide bonds. The van der Waals surface area contributed by atoms with Gasteiger partial charge >= 0.3 is 6.18 Å². The fourth-order valence-corrected chi connectivity index (χ4v) is 3.40. The molecule has 2 heterocycles. The Morgan fingerprint density at radius 2 is 1.89 bits per heavy atom. The summed E-state index contributed by atoms with van der Waals surface area (Å²) in [5.41, 5.74) is 0.0415. The van der Waals surface area contributed by atoms with Crippen molar-refractivity contribution in [2.45, 2.75) is 19.0 Å². The van der Waals surface area contributed by atoms with E-state index < -0.39 is 11.7 Å². The van der Waals surface area contributed by atoms with Crippen LogP contribution in [0.1, 0.15) is 18.4 Å². The van der Waals surface area contributed by atoms with Crippen LogP contribution in [-0.4, -0.2) is 63.2 Å². The molecule has 2 saturated heterocycles. The van der Waals surface area contributed by atoms with Gasteiger partial charge in [0, 0.05) is 51.5 Å². The van der Waals surface area contributed by atoms with E-state index in [1.54, 1.807) is 6.07 Å². The standard InChI is InChI=1S/C19H27F3N4O/c20-19(21,22)16-4-3-5-17(12-16)26-10-8-25(9-11-26)7-2-1-6-24-18(27)15-13-23-14-15/h3-5,12,15,23H,1-2,6-11,13-14H2,(H,24,27). The Morgan fingerprint density at radius 1 is 1.15 bits per heavy atom. The van der Waals surface area contributed by atoms with Crippen molar-refractivity contribution in [3.63, 3.8) is 0 Å². The third-order valence-electron chi connectivity index (χ3n) is 5.26. The molecule has 0 aliphatic carbocycles. The van der Waals surface area contributed by atoms with Gasteiger partial charge in [-0.25, -0.2) is 0 Å². The molecule has 0 radical (unpaired) electrons. The van der Waals surface area contributed by atoms with Crippen LogP contribution in [0.25, 0.3) is 0 Å². The summed E-state index contributed by atoms with van der Waals surface area (Å²) in [5, 5.41) is 6.06. The van der Waals surface area contributed by atoms with Gasteiger partial charge in [-0.05, 0) is 37.6 Å². The highest BCUT2D eigenvalue weighted by molar-refractivity contribution is 5.79. The SMILES string of the molecule is O=C(NCCCCN1CCN(c2cccc(C(F)(F)F)c2)CC1)C1CNC1. The molecule has 150 valence electrons. The number of amides is 1. The van der Waals surface area contributed by atoms with Crippen molar-refractivity contribution in [1.82, 2.24) is 15.5 Å². The minimum absolute atomic E-state index is 0.133. The van der Waals surface area contributed by atoms with Gasteiger partial charge < -0.3 is 15.5 Å². The van der Waals surface area contributed by atoms with Crippen LogP contribution >= 0.6 is 0 Å². The van der Waals surface area contributed by atoms with Crippen LogP contribution in [0.4, 0.5) is 18.9 Å². The number of hydrogen-bond acceptors (Lipinski definition) is 4. The molecule has 2 fully saturated rings. The van der Waals surface area contributed by atoms with E-state index in [4.69, 9.17) is 0 Å². The van der Waals surface area contributed by atoms with Crippen molar-refractivity contribution >= 4 is 11.6 Å². The molecule has 0 aromatic heterocycles. The molecule has 5 nitrogen and oxygen atoms in total. The summed E-state index contributed by atoms with van der Waals surface area (Å²) in [6.07, 6.45) is -2.35. The maximum absolute atomic E-state index is 12.9. The molecule has 0 spiro atoms. The summed E-state index contributed by atoms with van der Waals surface area (Å²) < 4.78 is 38.6. The van der Waals surface area contributed by atoms with Crippen molar-refractivity contribution in [2.75, 3.05) is 57.3 Å². The number of rotatable bonds is 7. The Bertz CT molecular complexity index is 626. The van der Waals surface area contributed by atoms with Gasteiger partial charge in [-0.2, -0.15) is 13.2 Å². The number of hydrogen-bond donors (Lipinski definition) is 2. The second-order valence-electron chi connectivity index (χ2n) is 7.23. The zero-order valence-electron chi connectivity index (χ0n) is 15.4. The molecule has 1 aromatic carbocycles. The summed E-state index contributed by atoms with van der Waals surface area (Å²) in [5.74, 6) is 0.275. The Labute approximate surface area is 157 Å². The van der Waals surface area contributed by atoms with Gasteiger partial charge in [0.25, 0.3) is 0 Å². The maximum Gasteiger partial charge on any atom is 0.416 e. The maximum atomic E-state index is 12.9. The lowest BCUT2D eigenvalue weighted by Crippen LogP contribution is -2.51. The van der Waals surface area contributed by atoms with Crippen LogP contribution in [0, 0.1) is 5.92 Å². The predicted molar refractivity (Wildman–Crippen MR) is 98.7 cm³/mol. The van der Waals surface area contributed by atoms with E-state index in [-0.39, 0.29) is 11.8 Å². The summed E-state index contributed by atoms with van der Waals surface area (Å²) in [6, 6.07) is 5.56. The largest absolute Gasteiger partial charge is 0.416 e. The second-order valence-corrected chi connectivity index (χ2v) is 7.23. The molecule has 3 rings (SSSR count). The smallest absolute Gasteiger partial charge is 0.369 e. The fraction of sp³-hybridized carbons (Fsp3) is 0.632. The third kappa shape index (κ3) is 5.59. The van der Waals surface area contributed by atoms with Crippen LogP contribution in [0.2, 0.25) is 0 Å². The summed E-state index contributed by atoms with van der Waals surface area (Å²) in [4.78, 5) is 16.1. The van der Waals surface area contributed by atoms with E-state index in [1.165, 1.54) is 12.1 Å². The van der Waals surface area contributed by atoms with Gasteiger partial charge in [0.2, 0.25) is 5.91 Å². The second kappa shape index (κ2) is 8.93. The lowest BCUT2D eigenvalue weighted by Gasteiger charge is -2.36. The molecular weight excluding hydrogens is 357 g/mol. The highest BCUT2D eigenvalue weighted by Crippen LogP contribution is 2.31. The minimum Gasteiger partial charge on any atom is -0.369 e. The molecule has 27 heavy (non-hydrogen) atoms. The Kier molecular flexibility index (Phi) is 6.59. The molecule has 0 atom stereocenters. The number of alkyl halides is 3. The Morgan fingerprint density at radius 3 is 2.52 bits per heavy atom. The summed E-state index contributed by atoms with van der Waals surface area (Å²) in [6.45, 7) is 6.37. The fourth-order valence-electron chi connectivity index (χ4n) is 3.40. The van der Waals surface area contributed by atoms with Crippen molar-refractivity contribution in [2.24, 2.45) is 5.92 Å². The van der Waals surface area contributed by atoms with Crippen molar-refractivity contribution in [3.05, 3.63) is 29.8 Å². The van der Waals surface area contributed by atoms with Gasteiger partial charge in [-0.1, -0.05) is 6.07 Å². The quantitative estimate of drug-likeness (QED) is 0.706. The van der Waals surface area contributed by atoms with E-state index in [1.807, 2.05) is 4.90 Å². The van der Waals surface area contributed by atoms with E-state index >= 15 is 0 Å². The molecule has 0 bridgehead atoms. The molecule has 2 aliphatic heterocycles. The number of benzene rings is 1. The number of halogens is 3. The first-order chi connectivity index (χ1) is 12.9. The van der Waals surface area contributed by atoms with E-state index in [0.717, 1.165) is 64.7 Å². The van der Waals surface area contributed by atoms with Gasteiger partial charge in [0.1, 0.15) is 0 Å². The van der Waals surface area contributed by atoms with Gasteiger partial charge in [0.05, 0.1) is 11.5 Å². The van der Waals surface area contributed by atoms with Crippen molar-refractivity contribution in [3.8, 4) is 0 Å². The minimum atomic E-state index is -4.30. The highest BCUT2D eigenvalue weighted by atomic mass is 19.4. The number of carbonyl (C=O) groups excluding carboxylic acids is 1. The van der Waals surface area contributed by atoms with Crippen LogP contribution in [-0.2, 0) is 11.0 Å². The lowest BCUT2D eigenvalue weighted by atomic mass is 10.0. The third-order valence-corrected chi connectivity index (χ3v) is 5.26.